The Bertz CT molecular complexity index is 338. The molecule has 1 aromatic rings. The number of hydrazine groups is 1. The summed E-state index contributed by atoms with van der Waals surface area (Å²) in [5.74, 6) is 7.43. The third-order valence-electron chi connectivity index (χ3n) is 2.64. The molecule has 0 bridgehead atoms. The summed E-state index contributed by atoms with van der Waals surface area (Å²) in [6, 6.07) is 0. The molecule has 0 aromatic carbocycles. The smallest absolute Gasteiger partial charge is 0.221 e. The highest BCUT2D eigenvalue weighted by molar-refractivity contribution is 5.46. The molecule has 2 rings (SSSR count). The minimum absolute atomic E-state index is 0.617. The zero-order valence-corrected chi connectivity index (χ0v) is 8.86. The van der Waals surface area contributed by atoms with Gasteiger partial charge in [-0.3, -0.25) is 0 Å². The van der Waals surface area contributed by atoms with E-state index in [1.807, 2.05) is 6.92 Å². The summed E-state index contributed by atoms with van der Waals surface area (Å²) in [6.45, 7) is 2.62. The van der Waals surface area contributed by atoms with E-state index in [1.165, 1.54) is 19.2 Å². The number of nitrogens with one attached hydrogen (secondary N) is 1. The van der Waals surface area contributed by atoms with Crippen molar-refractivity contribution >= 4 is 5.82 Å². The van der Waals surface area contributed by atoms with Crippen LogP contribution in [0.2, 0.25) is 0 Å². The Morgan fingerprint density at radius 1 is 1.53 bits per heavy atom. The fourth-order valence-electron chi connectivity index (χ4n) is 1.45. The first-order valence-electron chi connectivity index (χ1n) is 5.22. The third kappa shape index (κ3) is 2.56. The lowest BCUT2D eigenvalue weighted by atomic mass is 10.3. The average molecular weight is 208 g/mol. The number of anilines is 1. The normalized spacial score (nSPS) is 15.1. The Morgan fingerprint density at radius 2 is 2.33 bits per heavy atom. The van der Waals surface area contributed by atoms with Crippen molar-refractivity contribution < 1.29 is 4.74 Å². The summed E-state index contributed by atoms with van der Waals surface area (Å²) < 4.78 is 5.58. The maximum absolute atomic E-state index is 5.58. The lowest BCUT2D eigenvalue weighted by Gasteiger charge is -2.09. The van der Waals surface area contributed by atoms with Crippen molar-refractivity contribution in [3.8, 4) is 5.88 Å². The molecule has 0 atom stereocenters. The van der Waals surface area contributed by atoms with Crippen LogP contribution >= 0.6 is 0 Å². The average Bonchev–Trinajstić information content (AvgIpc) is 3.04. The number of aromatic nitrogens is 2. The second kappa shape index (κ2) is 4.44. The molecule has 0 amide bonds. The van der Waals surface area contributed by atoms with Crippen LogP contribution in [0.4, 0.5) is 5.82 Å². The summed E-state index contributed by atoms with van der Waals surface area (Å²) in [5, 5.41) is 0. The maximum atomic E-state index is 5.58. The Labute approximate surface area is 89.0 Å². The zero-order chi connectivity index (χ0) is 10.7. The third-order valence-corrected chi connectivity index (χ3v) is 2.64. The molecular weight excluding hydrogens is 192 g/mol. The first-order chi connectivity index (χ1) is 7.31. The van der Waals surface area contributed by atoms with Crippen LogP contribution in [0.5, 0.6) is 5.88 Å². The Balaban J connectivity index is 1.93. The molecule has 0 saturated heterocycles. The largest absolute Gasteiger partial charge is 0.477 e. The summed E-state index contributed by atoms with van der Waals surface area (Å²) in [6.07, 6.45) is 5.27. The molecule has 15 heavy (non-hydrogen) atoms. The highest BCUT2D eigenvalue weighted by Crippen LogP contribution is 2.32. The lowest BCUT2D eigenvalue weighted by Crippen LogP contribution is -2.12. The fraction of sp³-hybridized carbons (Fsp3) is 0.600. The molecule has 1 fully saturated rings. The molecule has 0 radical (unpaired) electrons. The Hall–Kier alpha value is -1.36. The maximum Gasteiger partial charge on any atom is 0.221 e. The van der Waals surface area contributed by atoms with Crippen LogP contribution < -0.4 is 16.0 Å². The minimum Gasteiger partial charge on any atom is -0.477 e. The number of ether oxygens (including phenoxy) is 1. The predicted octanol–water partition coefficient (Wildman–Crippen LogP) is 1.25. The summed E-state index contributed by atoms with van der Waals surface area (Å²) in [4.78, 5) is 8.06. The summed E-state index contributed by atoms with van der Waals surface area (Å²) in [7, 11) is 0. The SMILES string of the molecule is Cc1c(NN)ncnc1OCCC1CC1. The van der Waals surface area contributed by atoms with Crippen LogP contribution in [-0.2, 0) is 0 Å². The van der Waals surface area contributed by atoms with Crippen LogP contribution in [0.1, 0.15) is 24.8 Å². The van der Waals surface area contributed by atoms with Crippen molar-refractivity contribution in [3.05, 3.63) is 11.9 Å². The highest BCUT2D eigenvalue weighted by atomic mass is 16.5. The van der Waals surface area contributed by atoms with E-state index in [-0.39, 0.29) is 0 Å². The van der Waals surface area contributed by atoms with Crippen LogP contribution in [0, 0.1) is 12.8 Å². The molecule has 1 heterocycles. The van der Waals surface area contributed by atoms with E-state index >= 15 is 0 Å². The summed E-state index contributed by atoms with van der Waals surface area (Å²) in [5.41, 5.74) is 3.37. The molecule has 1 aliphatic rings. The van der Waals surface area contributed by atoms with Gasteiger partial charge in [0.25, 0.3) is 0 Å². The molecule has 1 aromatic heterocycles. The molecule has 3 N–H and O–H groups in total. The number of rotatable bonds is 5. The van der Waals surface area contributed by atoms with Crippen molar-refractivity contribution in [2.75, 3.05) is 12.0 Å². The van der Waals surface area contributed by atoms with Crippen molar-refractivity contribution in [2.45, 2.75) is 26.2 Å². The van der Waals surface area contributed by atoms with Crippen LogP contribution in [0.3, 0.4) is 0 Å². The molecule has 1 saturated carbocycles. The van der Waals surface area contributed by atoms with E-state index in [9.17, 15) is 0 Å². The van der Waals surface area contributed by atoms with Crippen molar-refractivity contribution in [2.24, 2.45) is 11.8 Å². The van der Waals surface area contributed by atoms with E-state index < -0.39 is 0 Å². The first kappa shape index (κ1) is 10.2. The van der Waals surface area contributed by atoms with E-state index in [0.29, 0.717) is 11.7 Å². The number of nitrogen functional groups attached to an aromatic ring is 1. The lowest BCUT2D eigenvalue weighted by molar-refractivity contribution is 0.289. The van der Waals surface area contributed by atoms with Gasteiger partial charge in [-0.15, -0.1) is 0 Å². The van der Waals surface area contributed by atoms with Gasteiger partial charge in [-0.25, -0.2) is 15.8 Å². The molecule has 0 unspecified atom stereocenters. The van der Waals surface area contributed by atoms with Crippen molar-refractivity contribution in [3.63, 3.8) is 0 Å². The molecule has 0 spiro atoms. The molecule has 1 aliphatic carbocycles. The van der Waals surface area contributed by atoms with E-state index in [0.717, 1.165) is 24.5 Å². The van der Waals surface area contributed by atoms with Crippen LogP contribution in [-0.4, -0.2) is 16.6 Å². The number of nitrogens with two attached hydrogens (primary N) is 1. The second-order valence-corrected chi connectivity index (χ2v) is 3.88. The van der Waals surface area contributed by atoms with Crippen LogP contribution in [0.25, 0.3) is 0 Å². The zero-order valence-electron chi connectivity index (χ0n) is 8.86. The molecular formula is C10H16N4O. The predicted molar refractivity (Wildman–Crippen MR) is 57.4 cm³/mol. The highest BCUT2D eigenvalue weighted by Gasteiger charge is 2.21. The van der Waals surface area contributed by atoms with Gasteiger partial charge in [-0.2, -0.15) is 0 Å². The van der Waals surface area contributed by atoms with Crippen molar-refractivity contribution in [1.29, 1.82) is 0 Å². The minimum atomic E-state index is 0.617. The topological polar surface area (TPSA) is 73.1 Å². The van der Waals surface area contributed by atoms with Gasteiger partial charge in [0.05, 0.1) is 12.2 Å². The molecule has 5 heteroatoms. The van der Waals surface area contributed by atoms with Gasteiger partial charge >= 0.3 is 0 Å². The monoisotopic (exact) mass is 208 g/mol. The van der Waals surface area contributed by atoms with E-state index in [2.05, 4.69) is 15.4 Å². The van der Waals surface area contributed by atoms with Gasteiger partial charge in [0, 0.05) is 0 Å². The van der Waals surface area contributed by atoms with Gasteiger partial charge in [0.2, 0.25) is 5.88 Å². The Kier molecular flexibility index (Phi) is 3.01. The van der Waals surface area contributed by atoms with Gasteiger partial charge < -0.3 is 10.2 Å². The standard InChI is InChI=1S/C10H16N4O/c1-7-9(14-11)12-6-13-10(7)15-5-4-8-2-3-8/h6,8H,2-5,11H2,1H3,(H,12,13,14). The molecule has 5 nitrogen and oxygen atoms in total. The number of hydrogen-bond donors (Lipinski definition) is 2. The molecule has 0 aliphatic heterocycles. The Morgan fingerprint density at radius 3 is 3.00 bits per heavy atom. The van der Waals surface area contributed by atoms with Gasteiger partial charge in [-0.05, 0) is 19.3 Å². The van der Waals surface area contributed by atoms with Crippen LogP contribution in [0.15, 0.2) is 6.33 Å². The second-order valence-electron chi connectivity index (χ2n) is 3.88. The fourth-order valence-corrected chi connectivity index (χ4v) is 1.45. The van der Waals surface area contributed by atoms with Gasteiger partial charge in [-0.1, -0.05) is 12.8 Å². The molecule has 82 valence electrons. The number of nitrogens with zero attached hydrogens (tertiary/aromatic N) is 2. The quantitative estimate of drug-likeness (QED) is 0.562. The first-order valence-corrected chi connectivity index (χ1v) is 5.22. The van der Waals surface area contributed by atoms with Gasteiger partial charge in [0.1, 0.15) is 12.1 Å². The summed E-state index contributed by atoms with van der Waals surface area (Å²) >= 11 is 0. The van der Waals surface area contributed by atoms with E-state index in [1.54, 1.807) is 0 Å². The van der Waals surface area contributed by atoms with Gasteiger partial charge in [0.15, 0.2) is 0 Å². The van der Waals surface area contributed by atoms with Crippen molar-refractivity contribution in [1.82, 2.24) is 9.97 Å². The van der Waals surface area contributed by atoms with E-state index in [4.69, 9.17) is 10.6 Å². The number of hydrogen-bond acceptors (Lipinski definition) is 5.